The molecule has 0 amide bonds. The van der Waals surface area contributed by atoms with E-state index in [1.807, 2.05) is 12.1 Å². The van der Waals surface area contributed by atoms with Crippen molar-refractivity contribution in [1.29, 1.82) is 0 Å². The van der Waals surface area contributed by atoms with Gasteiger partial charge in [-0.3, -0.25) is 4.90 Å². The Hall–Kier alpha value is -1.13. The van der Waals surface area contributed by atoms with Crippen molar-refractivity contribution in [2.24, 2.45) is 11.7 Å². The number of nitrogens with two attached hydrogens (primary N) is 1. The molecule has 1 heterocycles. The fourth-order valence-electron chi connectivity index (χ4n) is 3.11. The van der Waals surface area contributed by atoms with Gasteiger partial charge in [-0.1, -0.05) is 13.0 Å². The molecule has 112 valence electrons. The van der Waals surface area contributed by atoms with Crippen LogP contribution in [0.15, 0.2) is 18.2 Å². The third-order valence-electron chi connectivity index (χ3n) is 4.78. The van der Waals surface area contributed by atoms with Gasteiger partial charge in [-0.2, -0.15) is 0 Å². The van der Waals surface area contributed by atoms with Crippen molar-refractivity contribution in [3.63, 3.8) is 0 Å². The molecule has 1 aromatic heterocycles. The molecule has 4 nitrogen and oxygen atoms in total. The van der Waals surface area contributed by atoms with Gasteiger partial charge in [0.25, 0.3) is 0 Å². The number of nitrogens with zero attached hydrogens (tertiary/aromatic N) is 2. The van der Waals surface area contributed by atoms with Gasteiger partial charge in [-0.25, -0.2) is 4.98 Å². The van der Waals surface area contributed by atoms with Crippen LogP contribution >= 0.6 is 0 Å². The normalized spacial score (nSPS) is 26.8. The van der Waals surface area contributed by atoms with Crippen molar-refractivity contribution in [3.05, 3.63) is 23.9 Å². The van der Waals surface area contributed by atoms with Crippen LogP contribution in [0.3, 0.4) is 0 Å². The molecule has 0 saturated heterocycles. The summed E-state index contributed by atoms with van der Waals surface area (Å²) in [5, 5.41) is 0. The summed E-state index contributed by atoms with van der Waals surface area (Å²) in [6, 6.07) is 5.92. The van der Waals surface area contributed by atoms with Crippen molar-refractivity contribution < 1.29 is 4.74 Å². The standard InChI is InChI=1S/C16H27N3O/c1-13-7-9-16(12-17,10-8-13)19(2)11-14-5-4-6-15(18-14)20-3/h4-6,13H,7-12,17H2,1-3H3. The second-order valence-electron chi connectivity index (χ2n) is 6.14. The van der Waals surface area contributed by atoms with Gasteiger partial charge in [0.2, 0.25) is 5.88 Å². The Bertz CT molecular complexity index is 427. The summed E-state index contributed by atoms with van der Waals surface area (Å²) in [6.07, 6.45) is 4.91. The molecule has 0 atom stereocenters. The zero-order valence-electron chi connectivity index (χ0n) is 12.9. The zero-order chi connectivity index (χ0) is 14.6. The smallest absolute Gasteiger partial charge is 0.213 e. The Kier molecular flexibility index (Phi) is 5.00. The first-order valence-corrected chi connectivity index (χ1v) is 7.51. The van der Waals surface area contributed by atoms with E-state index in [9.17, 15) is 0 Å². The predicted molar refractivity (Wildman–Crippen MR) is 81.7 cm³/mol. The van der Waals surface area contributed by atoms with Crippen LogP contribution in [0.5, 0.6) is 5.88 Å². The van der Waals surface area contributed by atoms with Crippen LogP contribution in [0.2, 0.25) is 0 Å². The van der Waals surface area contributed by atoms with Crippen LogP contribution in [0.4, 0.5) is 0 Å². The highest BCUT2D eigenvalue weighted by Crippen LogP contribution is 2.35. The van der Waals surface area contributed by atoms with E-state index in [1.54, 1.807) is 7.11 Å². The molecule has 2 rings (SSSR count). The summed E-state index contributed by atoms with van der Waals surface area (Å²) in [4.78, 5) is 6.89. The SMILES string of the molecule is COc1cccc(CN(C)C2(CN)CCC(C)CC2)n1. The molecule has 2 N–H and O–H groups in total. The van der Waals surface area contributed by atoms with Crippen LogP contribution < -0.4 is 10.5 Å². The number of hydrogen-bond donors (Lipinski definition) is 1. The summed E-state index contributed by atoms with van der Waals surface area (Å²) in [7, 11) is 3.82. The molecule has 0 radical (unpaired) electrons. The molecular formula is C16H27N3O. The van der Waals surface area contributed by atoms with E-state index in [0.29, 0.717) is 5.88 Å². The largest absolute Gasteiger partial charge is 0.481 e. The van der Waals surface area contributed by atoms with Crippen LogP contribution in [0.25, 0.3) is 0 Å². The van der Waals surface area contributed by atoms with Crippen LogP contribution in [-0.4, -0.2) is 36.1 Å². The quantitative estimate of drug-likeness (QED) is 0.898. The summed E-state index contributed by atoms with van der Waals surface area (Å²) < 4.78 is 5.19. The minimum Gasteiger partial charge on any atom is -0.481 e. The van der Waals surface area contributed by atoms with E-state index < -0.39 is 0 Å². The van der Waals surface area contributed by atoms with Crippen molar-refractivity contribution in [3.8, 4) is 5.88 Å². The fourth-order valence-corrected chi connectivity index (χ4v) is 3.11. The molecule has 1 fully saturated rings. The Labute approximate surface area is 122 Å². The molecule has 0 aliphatic heterocycles. The second kappa shape index (κ2) is 6.55. The first-order valence-electron chi connectivity index (χ1n) is 7.51. The van der Waals surface area contributed by atoms with Crippen LogP contribution in [0.1, 0.15) is 38.3 Å². The molecule has 1 aromatic rings. The van der Waals surface area contributed by atoms with Crippen LogP contribution in [-0.2, 0) is 6.54 Å². The monoisotopic (exact) mass is 277 g/mol. The maximum atomic E-state index is 6.11. The fraction of sp³-hybridized carbons (Fsp3) is 0.688. The van der Waals surface area contributed by atoms with Gasteiger partial charge in [-0.05, 0) is 44.7 Å². The Morgan fingerprint density at radius 1 is 1.40 bits per heavy atom. The second-order valence-corrected chi connectivity index (χ2v) is 6.14. The van der Waals surface area contributed by atoms with Gasteiger partial charge in [0.15, 0.2) is 0 Å². The Morgan fingerprint density at radius 2 is 2.10 bits per heavy atom. The number of pyridine rings is 1. The summed E-state index contributed by atoms with van der Waals surface area (Å²) >= 11 is 0. The van der Waals surface area contributed by atoms with Gasteiger partial charge in [0.1, 0.15) is 0 Å². The Morgan fingerprint density at radius 3 is 2.70 bits per heavy atom. The van der Waals surface area contributed by atoms with Crippen molar-refractivity contribution in [1.82, 2.24) is 9.88 Å². The van der Waals surface area contributed by atoms with E-state index in [-0.39, 0.29) is 5.54 Å². The number of likely N-dealkylation sites (N-methyl/N-ethyl adjacent to an activating group) is 1. The first kappa shape index (κ1) is 15.3. The zero-order valence-corrected chi connectivity index (χ0v) is 12.9. The number of hydrogen-bond acceptors (Lipinski definition) is 4. The third-order valence-corrected chi connectivity index (χ3v) is 4.78. The van der Waals surface area contributed by atoms with E-state index in [4.69, 9.17) is 10.5 Å². The minimum atomic E-state index is 0.136. The number of ether oxygens (including phenoxy) is 1. The maximum Gasteiger partial charge on any atom is 0.213 e. The Balaban J connectivity index is 2.07. The van der Waals surface area contributed by atoms with Crippen LogP contribution in [0, 0.1) is 5.92 Å². The molecule has 0 bridgehead atoms. The average molecular weight is 277 g/mol. The van der Waals surface area contributed by atoms with Gasteiger partial charge < -0.3 is 10.5 Å². The molecule has 20 heavy (non-hydrogen) atoms. The molecule has 0 unspecified atom stereocenters. The topological polar surface area (TPSA) is 51.4 Å². The maximum absolute atomic E-state index is 6.11. The molecule has 1 aliphatic rings. The summed E-state index contributed by atoms with van der Waals surface area (Å²) in [5.41, 5.74) is 7.28. The molecule has 4 heteroatoms. The highest BCUT2D eigenvalue weighted by Gasteiger charge is 2.36. The number of rotatable bonds is 5. The lowest BCUT2D eigenvalue weighted by Crippen LogP contribution is -2.53. The van der Waals surface area contributed by atoms with Gasteiger partial charge in [0, 0.05) is 24.7 Å². The highest BCUT2D eigenvalue weighted by molar-refractivity contribution is 5.16. The van der Waals surface area contributed by atoms with E-state index in [0.717, 1.165) is 24.7 Å². The molecule has 1 saturated carbocycles. The molecular weight excluding hydrogens is 250 g/mol. The van der Waals surface area contributed by atoms with E-state index >= 15 is 0 Å². The minimum absolute atomic E-state index is 0.136. The van der Waals surface area contributed by atoms with Crippen molar-refractivity contribution >= 4 is 0 Å². The van der Waals surface area contributed by atoms with Crippen molar-refractivity contribution in [2.75, 3.05) is 20.7 Å². The lowest BCUT2D eigenvalue weighted by Gasteiger charge is -2.45. The van der Waals surface area contributed by atoms with E-state index in [2.05, 4.69) is 29.9 Å². The lowest BCUT2D eigenvalue weighted by molar-refractivity contribution is 0.0605. The van der Waals surface area contributed by atoms with E-state index in [1.165, 1.54) is 25.7 Å². The molecule has 0 aromatic carbocycles. The van der Waals surface area contributed by atoms with Gasteiger partial charge in [-0.15, -0.1) is 0 Å². The molecule has 1 aliphatic carbocycles. The number of methoxy groups -OCH3 is 1. The summed E-state index contributed by atoms with van der Waals surface area (Å²) in [6.45, 7) is 3.88. The third kappa shape index (κ3) is 3.30. The molecule has 0 spiro atoms. The van der Waals surface area contributed by atoms with Crippen molar-refractivity contribution in [2.45, 2.75) is 44.7 Å². The lowest BCUT2D eigenvalue weighted by atomic mass is 9.76. The van der Waals surface area contributed by atoms with Gasteiger partial charge in [0.05, 0.1) is 12.8 Å². The summed E-state index contributed by atoms with van der Waals surface area (Å²) in [5.74, 6) is 1.51. The predicted octanol–water partition coefficient (Wildman–Crippen LogP) is 2.43. The first-order chi connectivity index (χ1) is 9.59. The highest BCUT2D eigenvalue weighted by atomic mass is 16.5. The number of aromatic nitrogens is 1. The van der Waals surface area contributed by atoms with Gasteiger partial charge >= 0.3 is 0 Å². The average Bonchev–Trinajstić information content (AvgIpc) is 2.48.